The van der Waals surface area contributed by atoms with E-state index in [-0.39, 0.29) is 18.3 Å². The Kier molecular flexibility index (Phi) is 7.57. The summed E-state index contributed by atoms with van der Waals surface area (Å²) in [5.74, 6) is 1.60. The van der Waals surface area contributed by atoms with Gasteiger partial charge in [-0.3, -0.25) is 4.79 Å². The molecule has 0 aliphatic rings. The largest absolute Gasteiger partial charge is 0.485 e. The van der Waals surface area contributed by atoms with Gasteiger partial charge in [-0.25, -0.2) is 0 Å². The Bertz CT molecular complexity index is 995. The van der Waals surface area contributed by atoms with Crippen LogP contribution in [-0.4, -0.2) is 26.4 Å². The standard InChI is InChI=1S/C20H20BrClN4O2S/c1-3-26-18(11-28-17-9-6-15(22)10-13(17)2)24-25-20(26)29-12-19(27)23-16-7-4-14(21)5-8-16/h4-10H,3,11-12H2,1-2H3,(H,23,27). The average molecular weight is 496 g/mol. The lowest BCUT2D eigenvalue weighted by molar-refractivity contribution is -0.113. The van der Waals surface area contributed by atoms with Gasteiger partial charge in [0.2, 0.25) is 5.91 Å². The number of anilines is 1. The van der Waals surface area contributed by atoms with Crippen LogP contribution in [-0.2, 0) is 17.9 Å². The predicted octanol–water partition coefficient (Wildman–Crippen LogP) is 5.33. The highest BCUT2D eigenvalue weighted by molar-refractivity contribution is 9.10. The van der Waals surface area contributed by atoms with E-state index in [1.807, 2.05) is 54.8 Å². The summed E-state index contributed by atoms with van der Waals surface area (Å²) >= 11 is 10.7. The number of hydrogen-bond acceptors (Lipinski definition) is 5. The summed E-state index contributed by atoms with van der Waals surface area (Å²) in [6.07, 6.45) is 0. The first-order valence-corrected chi connectivity index (χ1v) is 11.1. The molecule has 0 bridgehead atoms. The van der Waals surface area contributed by atoms with E-state index in [1.54, 1.807) is 6.07 Å². The molecule has 0 unspecified atom stereocenters. The van der Waals surface area contributed by atoms with Gasteiger partial charge in [0.25, 0.3) is 0 Å². The number of nitrogens with zero attached hydrogens (tertiary/aromatic N) is 3. The van der Waals surface area contributed by atoms with Crippen molar-refractivity contribution in [3.63, 3.8) is 0 Å². The van der Waals surface area contributed by atoms with Gasteiger partial charge in [0, 0.05) is 21.7 Å². The van der Waals surface area contributed by atoms with Crippen molar-refractivity contribution in [2.24, 2.45) is 0 Å². The Morgan fingerprint density at radius 3 is 2.69 bits per heavy atom. The molecule has 0 aliphatic carbocycles. The van der Waals surface area contributed by atoms with Crippen LogP contribution in [0.4, 0.5) is 5.69 Å². The summed E-state index contributed by atoms with van der Waals surface area (Å²) in [5, 5.41) is 12.7. The lowest BCUT2D eigenvalue weighted by atomic mass is 10.2. The summed E-state index contributed by atoms with van der Waals surface area (Å²) in [4.78, 5) is 12.2. The van der Waals surface area contributed by atoms with Gasteiger partial charge in [-0.1, -0.05) is 39.3 Å². The van der Waals surface area contributed by atoms with Gasteiger partial charge in [-0.05, 0) is 61.9 Å². The lowest BCUT2D eigenvalue weighted by Gasteiger charge is -2.11. The smallest absolute Gasteiger partial charge is 0.234 e. The summed E-state index contributed by atoms with van der Waals surface area (Å²) in [5.41, 5.74) is 1.71. The fourth-order valence-electron chi connectivity index (χ4n) is 2.63. The van der Waals surface area contributed by atoms with Crippen LogP contribution in [0.5, 0.6) is 5.75 Å². The summed E-state index contributed by atoms with van der Waals surface area (Å²) < 4.78 is 8.78. The number of carbonyl (C=O) groups excluding carboxylic acids is 1. The lowest BCUT2D eigenvalue weighted by Crippen LogP contribution is -2.14. The van der Waals surface area contributed by atoms with Crippen molar-refractivity contribution >= 4 is 50.9 Å². The number of nitrogens with one attached hydrogen (secondary N) is 1. The van der Waals surface area contributed by atoms with Gasteiger partial charge in [0.1, 0.15) is 12.4 Å². The zero-order chi connectivity index (χ0) is 20.8. The van der Waals surface area contributed by atoms with Crippen molar-refractivity contribution in [1.29, 1.82) is 0 Å². The van der Waals surface area contributed by atoms with E-state index < -0.39 is 0 Å². The molecule has 0 fully saturated rings. The number of rotatable bonds is 8. The van der Waals surface area contributed by atoms with Crippen LogP contribution in [0.2, 0.25) is 5.02 Å². The summed E-state index contributed by atoms with van der Waals surface area (Å²) in [6, 6.07) is 12.9. The Balaban J connectivity index is 1.58. The quantitative estimate of drug-likeness (QED) is 0.428. The molecule has 2 aromatic carbocycles. The van der Waals surface area contributed by atoms with Crippen molar-refractivity contribution in [2.45, 2.75) is 32.2 Å². The molecular weight excluding hydrogens is 476 g/mol. The molecule has 1 heterocycles. The molecule has 0 saturated heterocycles. The normalized spacial score (nSPS) is 10.8. The zero-order valence-electron chi connectivity index (χ0n) is 16.0. The Hall–Kier alpha value is -2.03. The number of benzene rings is 2. The maximum Gasteiger partial charge on any atom is 0.234 e. The minimum atomic E-state index is -0.0995. The minimum Gasteiger partial charge on any atom is -0.485 e. The van der Waals surface area contributed by atoms with E-state index in [4.69, 9.17) is 16.3 Å². The molecule has 3 rings (SSSR count). The van der Waals surface area contributed by atoms with E-state index in [9.17, 15) is 4.79 Å². The number of aryl methyl sites for hydroxylation is 1. The molecule has 9 heteroatoms. The highest BCUT2D eigenvalue weighted by Crippen LogP contribution is 2.24. The molecule has 1 aromatic heterocycles. The fourth-order valence-corrected chi connectivity index (χ4v) is 3.94. The first kappa shape index (κ1) is 21.7. The third kappa shape index (κ3) is 5.98. The second-order valence-electron chi connectivity index (χ2n) is 6.19. The molecule has 3 aromatic rings. The summed E-state index contributed by atoms with van der Waals surface area (Å²) in [7, 11) is 0. The molecule has 0 aliphatic heterocycles. The van der Waals surface area contributed by atoms with Crippen molar-refractivity contribution in [3.05, 3.63) is 63.3 Å². The van der Waals surface area contributed by atoms with Crippen molar-refractivity contribution in [1.82, 2.24) is 14.8 Å². The molecule has 0 spiro atoms. The van der Waals surface area contributed by atoms with Gasteiger partial charge in [0.05, 0.1) is 5.75 Å². The monoisotopic (exact) mass is 494 g/mol. The van der Waals surface area contributed by atoms with Gasteiger partial charge in [-0.15, -0.1) is 10.2 Å². The number of halogens is 2. The number of hydrogen-bond donors (Lipinski definition) is 1. The van der Waals surface area contributed by atoms with Crippen LogP contribution < -0.4 is 10.1 Å². The van der Waals surface area contributed by atoms with E-state index >= 15 is 0 Å². The highest BCUT2D eigenvalue weighted by Gasteiger charge is 2.14. The molecule has 6 nitrogen and oxygen atoms in total. The minimum absolute atomic E-state index is 0.0995. The molecule has 29 heavy (non-hydrogen) atoms. The Labute approximate surface area is 187 Å². The van der Waals surface area contributed by atoms with Crippen LogP contribution in [0.3, 0.4) is 0 Å². The van der Waals surface area contributed by atoms with Crippen LogP contribution in [0, 0.1) is 6.92 Å². The number of carbonyl (C=O) groups is 1. The van der Waals surface area contributed by atoms with Crippen molar-refractivity contribution < 1.29 is 9.53 Å². The maximum atomic E-state index is 12.2. The van der Waals surface area contributed by atoms with Gasteiger partial charge >= 0.3 is 0 Å². The SMILES string of the molecule is CCn1c(COc2ccc(Cl)cc2C)nnc1SCC(=O)Nc1ccc(Br)cc1. The van der Waals surface area contributed by atoms with Crippen molar-refractivity contribution in [3.8, 4) is 5.75 Å². The summed E-state index contributed by atoms with van der Waals surface area (Å²) in [6.45, 7) is 4.92. The first-order chi connectivity index (χ1) is 14.0. The van der Waals surface area contributed by atoms with E-state index in [1.165, 1.54) is 11.8 Å². The Morgan fingerprint density at radius 1 is 1.24 bits per heavy atom. The van der Waals surface area contributed by atoms with Crippen LogP contribution >= 0.6 is 39.3 Å². The molecule has 1 amide bonds. The molecule has 0 saturated carbocycles. The third-order valence-corrected chi connectivity index (χ3v) is 5.79. The maximum absolute atomic E-state index is 12.2. The van der Waals surface area contributed by atoms with E-state index in [2.05, 4.69) is 31.4 Å². The topological polar surface area (TPSA) is 69.0 Å². The number of thioether (sulfide) groups is 1. The fraction of sp³-hybridized carbons (Fsp3) is 0.250. The second-order valence-corrected chi connectivity index (χ2v) is 8.48. The van der Waals surface area contributed by atoms with Crippen LogP contribution in [0.25, 0.3) is 0 Å². The zero-order valence-corrected chi connectivity index (χ0v) is 19.1. The molecular formula is C20H20BrClN4O2S. The number of ether oxygens (including phenoxy) is 1. The van der Waals surface area contributed by atoms with Gasteiger partial charge in [0.15, 0.2) is 11.0 Å². The molecule has 1 N–H and O–H groups in total. The van der Waals surface area contributed by atoms with Crippen LogP contribution in [0.1, 0.15) is 18.3 Å². The number of aromatic nitrogens is 3. The van der Waals surface area contributed by atoms with E-state index in [0.717, 1.165) is 21.5 Å². The van der Waals surface area contributed by atoms with Crippen LogP contribution in [0.15, 0.2) is 52.1 Å². The predicted molar refractivity (Wildman–Crippen MR) is 120 cm³/mol. The molecule has 152 valence electrons. The molecule has 0 radical (unpaired) electrons. The Morgan fingerprint density at radius 2 is 2.00 bits per heavy atom. The second kappa shape index (κ2) is 10.1. The molecule has 0 atom stereocenters. The van der Waals surface area contributed by atoms with Gasteiger partial charge < -0.3 is 14.6 Å². The van der Waals surface area contributed by atoms with E-state index in [0.29, 0.717) is 22.5 Å². The van der Waals surface area contributed by atoms with Crippen molar-refractivity contribution in [2.75, 3.05) is 11.1 Å². The van der Waals surface area contributed by atoms with Gasteiger partial charge in [-0.2, -0.15) is 0 Å². The average Bonchev–Trinajstić information content (AvgIpc) is 3.09. The number of amides is 1. The highest BCUT2D eigenvalue weighted by atomic mass is 79.9. The first-order valence-electron chi connectivity index (χ1n) is 8.95. The third-order valence-electron chi connectivity index (χ3n) is 4.06.